The van der Waals surface area contributed by atoms with Crippen molar-refractivity contribution in [2.45, 2.75) is 37.5 Å². The number of hydrogen-bond donors (Lipinski definition) is 1. The minimum Gasteiger partial charge on any atom is -0.326 e. The number of sulfonamides is 1. The maximum atomic E-state index is 13.2. The minimum absolute atomic E-state index is 0.130. The van der Waals surface area contributed by atoms with E-state index in [9.17, 15) is 17.6 Å². The smallest absolute Gasteiger partial charge is 0.243 e. The lowest BCUT2D eigenvalue weighted by Gasteiger charge is -2.32. The maximum Gasteiger partial charge on any atom is 0.243 e. The van der Waals surface area contributed by atoms with Crippen molar-refractivity contribution in [1.29, 1.82) is 0 Å². The van der Waals surface area contributed by atoms with Gasteiger partial charge in [0.1, 0.15) is 5.82 Å². The van der Waals surface area contributed by atoms with Crippen LogP contribution in [0, 0.1) is 18.7 Å². The van der Waals surface area contributed by atoms with Crippen molar-refractivity contribution < 1.29 is 17.6 Å². The van der Waals surface area contributed by atoms with Gasteiger partial charge in [-0.05, 0) is 61.9 Å². The molecule has 1 heterocycles. The summed E-state index contributed by atoms with van der Waals surface area (Å²) in [5.41, 5.74) is 1.16. The first kappa shape index (κ1) is 20.5. The molecule has 3 rings (SSSR count). The van der Waals surface area contributed by atoms with Gasteiger partial charge < -0.3 is 5.32 Å². The molecule has 2 aromatic rings. The first-order valence-corrected chi connectivity index (χ1v) is 10.9. The predicted octanol–water partition coefficient (Wildman–Crippen LogP) is 3.95. The number of nitrogens with one attached hydrogen (secondary N) is 1. The van der Waals surface area contributed by atoms with E-state index in [1.807, 2.05) is 6.07 Å². The van der Waals surface area contributed by atoms with Crippen LogP contribution in [0.3, 0.4) is 0 Å². The van der Waals surface area contributed by atoms with E-state index in [0.717, 1.165) is 18.4 Å². The third kappa shape index (κ3) is 4.97. The van der Waals surface area contributed by atoms with Gasteiger partial charge in [-0.15, -0.1) is 0 Å². The molecule has 1 fully saturated rings. The number of anilines is 1. The van der Waals surface area contributed by atoms with Crippen LogP contribution in [-0.2, 0) is 14.8 Å². The van der Waals surface area contributed by atoms with E-state index in [0.29, 0.717) is 30.1 Å². The highest BCUT2D eigenvalue weighted by Gasteiger charge is 2.31. The number of carbonyl (C=O) groups excluding carboxylic acids is 1. The first-order chi connectivity index (χ1) is 13.4. The van der Waals surface area contributed by atoms with Crippen molar-refractivity contribution in [1.82, 2.24) is 4.31 Å². The molecule has 1 unspecified atom stereocenters. The number of piperidine rings is 1. The number of carbonyl (C=O) groups is 1. The largest absolute Gasteiger partial charge is 0.326 e. The van der Waals surface area contributed by atoms with Crippen LogP contribution in [0.15, 0.2) is 53.4 Å². The van der Waals surface area contributed by atoms with Crippen LogP contribution >= 0.6 is 0 Å². The second kappa shape index (κ2) is 8.84. The molecule has 1 N–H and O–H groups in total. The number of amides is 1. The van der Waals surface area contributed by atoms with E-state index in [1.54, 1.807) is 37.3 Å². The van der Waals surface area contributed by atoms with E-state index in [1.165, 1.54) is 16.4 Å². The van der Waals surface area contributed by atoms with Crippen molar-refractivity contribution in [2.24, 2.45) is 5.92 Å². The van der Waals surface area contributed by atoms with Crippen molar-refractivity contribution in [2.75, 3.05) is 18.4 Å². The summed E-state index contributed by atoms with van der Waals surface area (Å²) in [6.45, 7) is 2.72. The Hall–Kier alpha value is -2.25. The second-order valence-corrected chi connectivity index (χ2v) is 9.14. The van der Waals surface area contributed by atoms with E-state index in [-0.39, 0.29) is 18.2 Å². The van der Waals surface area contributed by atoms with Crippen LogP contribution in [0.25, 0.3) is 0 Å². The normalized spacial score (nSPS) is 18.0. The van der Waals surface area contributed by atoms with Crippen LogP contribution in [0.5, 0.6) is 0 Å². The van der Waals surface area contributed by atoms with Gasteiger partial charge in [-0.1, -0.05) is 24.3 Å². The van der Waals surface area contributed by atoms with Crippen LogP contribution in [-0.4, -0.2) is 31.7 Å². The molecule has 0 bridgehead atoms. The molecule has 1 aliphatic rings. The number of aryl methyl sites for hydroxylation is 1. The summed E-state index contributed by atoms with van der Waals surface area (Å²) < 4.78 is 40.7. The third-order valence-corrected chi connectivity index (χ3v) is 7.11. The highest BCUT2D eigenvalue weighted by molar-refractivity contribution is 7.89. The summed E-state index contributed by atoms with van der Waals surface area (Å²) in [5, 5.41) is 2.69. The Morgan fingerprint density at radius 3 is 2.75 bits per heavy atom. The average molecular weight is 405 g/mol. The van der Waals surface area contributed by atoms with Crippen molar-refractivity contribution in [3.05, 3.63) is 59.9 Å². The molecule has 7 heteroatoms. The van der Waals surface area contributed by atoms with Gasteiger partial charge in [-0.3, -0.25) is 4.79 Å². The van der Waals surface area contributed by atoms with Crippen LogP contribution in [0.4, 0.5) is 10.1 Å². The Morgan fingerprint density at radius 2 is 2.00 bits per heavy atom. The monoisotopic (exact) mass is 404 g/mol. The molecule has 0 spiro atoms. The van der Waals surface area contributed by atoms with Crippen LogP contribution in [0.2, 0.25) is 0 Å². The summed E-state index contributed by atoms with van der Waals surface area (Å²) in [6, 6.07) is 12.8. The molecule has 1 amide bonds. The van der Waals surface area contributed by atoms with E-state index in [4.69, 9.17) is 0 Å². The second-order valence-electron chi connectivity index (χ2n) is 7.23. The van der Waals surface area contributed by atoms with Gasteiger partial charge in [0.25, 0.3) is 0 Å². The molecule has 1 saturated heterocycles. The van der Waals surface area contributed by atoms with Crippen molar-refractivity contribution in [3.8, 4) is 0 Å². The number of benzene rings is 2. The highest BCUT2D eigenvalue weighted by atomic mass is 32.2. The van der Waals surface area contributed by atoms with Gasteiger partial charge in [0, 0.05) is 25.2 Å². The molecule has 5 nitrogen and oxygen atoms in total. The van der Waals surface area contributed by atoms with Gasteiger partial charge in [-0.25, -0.2) is 12.8 Å². The Balaban J connectivity index is 1.58. The Kier molecular flexibility index (Phi) is 6.46. The summed E-state index contributed by atoms with van der Waals surface area (Å²) in [6.07, 6.45) is 2.55. The number of halogens is 1. The minimum atomic E-state index is -3.53. The molecule has 1 aliphatic heterocycles. The van der Waals surface area contributed by atoms with Crippen LogP contribution in [0.1, 0.15) is 31.2 Å². The van der Waals surface area contributed by atoms with Gasteiger partial charge >= 0.3 is 0 Å². The molecular weight excluding hydrogens is 379 g/mol. The fourth-order valence-corrected chi connectivity index (χ4v) is 5.37. The zero-order valence-corrected chi connectivity index (χ0v) is 16.7. The maximum absolute atomic E-state index is 13.2. The summed E-state index contributed by atoms with van der Waals surface area (Å²) >= 11 is 0. The average Bonchev–Trinajstić information content (AvgIpc) is 2.67. The molecule has 0 radical (unpaired) electrons. The molecule has 0 saturated carbocycles. The standard InChI is InChI=1S/C21H25FN2O3S/c1-16-6-2-3-10-20(16)28(26,27)24-13-5-7-17(15-24)11-12-21(25)23-19-9-4-8-18(22)14-19/h2-4,6,8-10,14,17H,5,7,11-13,15H2,1H3,(H,23,25). The van der Waals surface area contributed by atoms with Crippen molar-refractivity contribution >= 4 is 21.6 Å². The molecule has 150 valence electrons. The van der Waals surface area contributed by atoms with Crippen LogP contribution < -0.4 is 5.32 Å². The molecule has 2 aromatic carbocycles. The van der Waals surface area contributed by atoms with Crippen molar-refractivity contribution in [3.63, 3.8) is 0 Å². The van der Waals surface area contributed by atoms with Gasteiger partial charge in [0.05, 0.1) is 4.90 Å². The quantitative estimate of drug-likeness (QED) is 0.793. The molecule has 28 heavy (non-hydrogen) atoms. The topological polar surface area (TPSA) is 66.5 Å². The summed E-state index contributed by atoms with van der Waals surface area (Å²) in [5.74, 6) is -0.461. The molecule has 0 aliphatic carbocycles. The summed E-state index contributed by atoms with van der Waals surface area (Å²) in [7, 11) is -3.53. The molecular formula is C21H25FN2O3S. The van der Waals surface area contributed by atoms with Gasteiger partial charge in [0.2, 0.25) is 15.9 Å². The lowest BCUT2D eigenvalue weighted by atomic mass is 9.94. The third-order valence-electron chi connectivity index (χ3n) is 5.08. The highest BCUT2D eigenvalue weighted by Crippen LogP contribution is 2.27. The Morgan fingerprint density at radius 1 is 1.21 bits per heavy atom. The van der Waals surface area contributed by atoms with E-state index < -0.39 is 15.8 Å². The van der Waals surface area contributed by atoms with Gasteiger partial charge in [0.15, 0.2) is 0 Å². The fourth-order valence-electron chi connectivity index (χ4n) is 3.59. The zero-order chi connectivity index (χ0) is 20.1. The molecule has 0 aromatic heterocycles. The lowest BCUT2D eigenvalue weighted by molar-refractivity contribution is -0.116. The fraction of sp³-hybridized carbons (Fsp3) is 0.381. The summed E-state index contributed by atoms with van der Waals surface area (Å²) in [4.78, 5) is 12.5. The van der Waals surface area contributed by atoms with E-state index >= 15 is 0 Å². The number of hydrogen-bond acceptors (Lipinski definition) is 3. The number of rotatable bonds is 6. The SMILES string of the molecule is Cc1ccccc1S(=O)(=O)N1CCCC(CCC(=O)Nc2cccc(F)c2)C1. The number of nitrogens with zero attached hydrogens (tertiary/aromatic N) is 1. The lowest BCUT2D eigenvalue weighted by Crippen LogP contribution is -2.40. The molecule has 1 atom stereocenters. The van der Waals surface area contributed by atoms with Gasteiger partial charge in [-0.2, -0.15) is 4.31 Å². The zero-order valence-electron chi connectivity index (χ0n) is 15.9. The Bertz CT molecular complexity index is 946. The first-order valence-electron chi connectivity index (χ1n) is 9.47. The predicted molar refractivity (Wildman–Crippen MR) is 107 cm³/mol. The van der Waals surface area contributed by atoms with E-state index in [2.05, 4.69) is 5.32 Å². The Labute approximate surface area is 165 Å².